The number of benzene rings is 1. The Labute approximate surface area is 142 Å². The number of halogens is 4. The van der Waals surface area contributed by atoms with Gasteiger partial charge in [-0.3, -0.25) is 4.79 Å². The van der Waals surface area contributed by atoms with Crippen LogP contribution < -0.4 is 5.32 Å². The van der Waals surface area contributed by atoms with Crippen molar-refractivity contribution in [2.75, 3.05) is 11.1 Å². The number of aromatic nitrogens is 4. The van der Waals surface area contributed by atoms with Gasteiger partial charge < -0.3 is 5.32 Å². The predicted octanol–water partition coefficient (Wildman–Crippen LogP) is 3.01. The number of hydrogen-bond acceptors (Lipinski definition) is 5. The summed E-state index contributed by atoms with van der Waals surface area (Å²) in [7, 11) is 0. The number of para-hydroxylation sites is 1. The topological polar surface area (TPSA) is 72.2 Å². The highest BCUT2D eigenvalue weighted by Gasteiger charge is 2.33. The molecule has 25 heavy (non-hydrogen) atoms. The molecule has 0 aliphatic carbocycles. The van der Waals surface area contributed by atoms with E-state index in [0.717, 1.165) is 28.7 Å². The van der Waals surface area contributed by atoms with Crippen molar-refractivity contribution in [2.24, 2.45) is 0 Å². The maximum atomic E-state index is 13.4. The second-order valence-electron chi connectivity index (χ2n) is 4.79. The lowest BCUT2D eigenvalue weighted by atomic mass is 10.3. The molecule has 2 heterocycles. The number of fused-ring (bicyclic) bond motifs is 1. The van der Waals surface area contributed by atoms with Gasteiger partial charge in [-0.2, -0.15) is 13.2 Å². The molecule has 0 bridgehead atoms. The van der Waals surface area contributed by atoms with Gasteiger partial charge in [0.15, 0.2) is 5.65 Å². The van der Waals surface area contributed by atoms with Crippen LogP contribution in [0.15, 0.2) is 41.8 Å². The minimum atomic E-state index is -4.58. The first kappa shape index (κ1) is 17.1. The van der Waals surface area contributed by atoms with Crippen LogP contribution in [0.5, 0.6) is 0 Å². The van der Waals surface area contributed by atoms with Crippen LogP contribution in [0, 0.1) is 5.82 Å². The molecule has 0 radical (unpaired) electrons. The number of hydrogen-bond donors (Lipinski definition) is 1. The summed E-state index contributed by atoms with van der Waals surface area (Å²) in [5.41, 5.74) is -1.09. The Morgan fingerprint density at radius 1 is 1.28 bits per heavy atom. The zero-order valence-corrected chi connectivity index (χ0v) is 13.1. The highest BCUT2D eigenvalue weighted by molar-refractivity contribution is 7.99. The second kappa shape index (κ2) is 6.67. The number of nitrogens with one attached hydrogen (secondary N) is 1. The number of carbonyl (C=O) groups excluding carboxylic acids is 1. The first-order chi connectivity index (χ1) is 11.8. The highest BCUT2D eigenvalue weighted by Crippen LogP contribution is 2.28. The molecule has 0 saturated carbocycles. The molecule has 11 heteroatoms. The summed E-state index contributed by atoms with van der Waals surface area (Å²) in [6.07, 6.45) is -3.69. The molecule has 0 atom stereocenters. The lowest BCUT2D eigenvalue weighted by Gasteiger charge is -2.04. The van der Waals surface area contributed by atoms with E-state index in [9.17, 15) is 22.4 Å². The van der Waals surface area contributed by atoms with Crippen molar-refractivity contribution < 1.29 is 22.4 Å². The molecule has 0 saturated heterocycles. The van der Waals surface area contributed by atoms with E-state index in [4.69, 9.17) is 0 Å². The van der Waals surface area contributed by atoms with E-state index in [1.54, 1.807) is 6.07 Å². The van der Waals surface area contributed by atoms with Crippen LogP contribution in [0.3, 0.4) is 0 Å². The molecule has 0 fully saturated rings. The van der Waals surface area contributed by atoms with Crippen LogP contribution in [0.1, 0.15) is 5.69 Å². The largest absolute Gasteiger partial charge is 0.433 e. The summed E-state index contributed by atoms with van der Waals surface area (Å²) in [6.45, 7) is 0. The summed E-state index contributed by atoms with van der Waals surface area (Å²) in [5.74, 6) is -1.20. The number of anilines is 1. The van der Waals surface area contributed by atoms with Crippen molar-refractivity contribution in [3.05, 3.63) is 48.2 Å². The smallest absolute Gasteiger partial charge is 0.323 e. The van der Waals surface area contributed by atoms with Crippen LogP contribution in [0.4, 0.5) is 23.2 Å². The minimum absolute atomic E-state index is 0.0371. The van der Waals surface area contributed by atoms with Crippen LogP contribution >= 0.6 is 11.8 Å². The van der Waals surface area contributed by atoms with Crippen LogP contribution in [0.25, 0.3) is 5.65 Å². The summed E-state index contributed by atoms with van der Waals surface area (Å²) < 4.78 is 52.3. The maximum absolute atomic E-state index is 13.4. The van der Waals surface area contributed by atoms with Gasteiger partial charge in [0.05, 0.1) is 11.4 Å². The first-order valence-corrected chi connectivity index (χ1v) is 7.78. The summed E-state index contributed by atoms with van der Waals surface area (Å²) >= 11 is 0.906. The Bertz CT molecular complexity index is 927. The van der Waals surface area contributed by atoms with E-state index in [-0.39, 0.29) is 22.2 Å². The molecular weight excluding hydrogens is 362 g/mol. The molecule has 2 aromatic heterocycles. The van der Waals surface area contributed by atoms with Crippen LogP contribution in [-0.4, -0.2) is 31.2 Å². The lowest BCUT2D eigenvalue weighted by molar-refractivity contribution is -0.141. The molecule has 130 valence electrons. The molecule has 0 unspecified atom stereocenters. The van der Waals surface area contributed by atoms with E-state index in [1.807, 2.05) is 0 Å². The predicted molar refractivity (Wildman–Crippen MR) is 81.5 cm³/mol. The van der Waals surface area contributed by atoms with E-state index in [0.29, 0.717) is 0 Å². The van der Waals surface area contributed by atoms with Gasteiger partial charge >= 0.3 is 6.18 Å². The van der Waals surface area contributed by atoms with Gasteiger partial charge in [0, 0.05) is 6.07 Å². The van der Waals surface area contributed by atoms with Gasteiger partial charge in [-0.05, 0) is 12.1 Å². The minimum Gasteiger partial charge on any atom is -0.323 e. The Hall–Kier alpha value is -2.69. The Balaban J connectivity index is 1.67. The summed E-state index contributed by atoms with van der Waals surface area (Å²) in [6, 6.07) is 6.43. The molecule has 0 spiro atoms. The van der Waals surface area contributed by atoms with E-state index in [2.05, 4.69) is 20.4 Å². The Morgan fingerprint density at radius 2 is 2.04 bits per heavy atom. The molecule has 3 rings (SSSR count). The van der Waals surface area contributed by atoms with E-state index >= 15 is 0 Å². The standard InChI is InChI=1S/C14H9F4N5OS/c15-8-3-1-2-4-9(8)20-12(24)6-25-13-21-11-5-10(14(16,17)18)19-7-23(11)22-13/h1-5,7H,6H2,(H,20,24). The summed E-state index contributed by atoms with van der Waals surface area (Å²) in [4.78, 5) is 19.0. The number of nitrogens with zero attached hydrogens (tertiary/aromatic N) is 4. The third kappa shape index (κ3) is 4.05. The fraction of sp³-hybridized carbons (Fsp3) is 0.143. The first-order valence-electron chi connectivity index (χ1n) is 6.80. The van der Waals surface area contributed by atoms with Crippen molar-refractivity contribution in [3.63, 3.8) is 0 Å². The van der Waals surface area contributed by atoms with Crippen molar-refractivity contribution in [2.45, 2.75) is 11.3 Å². The highest BCUT2D eigenvalue weighted by atomic mass is 32.2. The zero-order chi connectivity index (χ0) is 18.0. The molecular formula is C14H9F4N5OS. The van der Waals surface area contributed by atoms with Crippen LogP contribution in [-0.2, 0) is 11.0 Å². The Kier molecular flexibility index (Phi) is 4.57. The number of alkyl halides is 3. The van der Waals surface area contributed by atoms with Gasteiger partial charge in [0.1, 0.15) is 17.8 Å². The van der Waals surface area contributed by atoms with Crippen molar-refractivity contribution in [3.8, 4) is 0 Å². The van der Waals surface area contributed by atoms with Gasteiger partial charge in [-0.25, -0.2) is 18.9 Å². The third-order valence-corrected chi connectivity index (χ3v) is 3.82. The molecule has 1 amide bonds. The molecule has 6 nitrogen and oxygen atoms in total. The van der Waals surface area contributed by atoms with Gasteiger partial charge in [-0.1, -0.05) is 23.9 Å². The van der Waals surface area contributed by atoms with Gasteiger partial charge in [0.25, 0.3) is 0 Å². The Morgan fingerprint density at radius 3 is 2.76 bits per heavy atom. The van der Waals surface area contributed by atoms with Gasteiger partial charge in [0.2, 0.25) is 11.1 Å². The molecule has 1 aromatic carbocycles. The number of amides is 1. The monoisotopic (exact) mass is 371 g/mol. The second-order valence-corrected chi connectivity index (χ2v) is 5.73. The average molecular weight is 371 g/mol. The van der Waals surface area contributed by atoms with Crippen molar-refractivity contribution >= 4 is 29.0 Å². The van der Waals surface area contributed by atoms with Gasteiger partial charge in [-0.15, -0.1) is 5.10 Å². The quantitative estimate of drug-likeness (QED) is 0.564. The van der Waals surface area contributed by atoms with E-state index in [1.165, 1.54) is 18.2 Å². The number of rotatable bonds is 4. The molecule has 3 aromatic rings. The molecule has 0 aliphatic heterocycles. The fourth-order valence-corrected chi connectivity index (χ4v) is 2.51. The van der Waals surface area contributed by atoms with Crippen molar-refractivity contribution in [1.82, 2.24) is 19.6 Å². The SMILES string of the molecule is O=C(CSc1nc2cc(C(F)(F)F)ncn2n1)Nc1ccccc1F. The number of carbonyl (C=O) groups is 1. The van der Waals surface area contributed by atoms with Crippen LogP contribution in [0.2, 0.25) is 0 Å². The van der Waals surface area contributed by atoms with Crippen molar-refractivity contribution in [1.29, 1.82) is 0 Å². The zero-order valence-electron chi connectivity index (χ0n) is 12.3. The van der Waals surface area contributed by atoms with E-state index < -0.39 is 23.6 Å². The normalized spacial score (nSPS) is 11.7. The molecule has 1 N–H and O–H groups in total. The molecule has 0 aliphatic rings. The lowest BCUT2D eigenvalue weighted by Crippen LogP contribution is -2.15. The average Bonchev–Trinajstić information content (AvgIpc) is 2.96. The summed E-state index contributed by atoms with van der Waals surface area (Å²) in [5, 5.41) is 6.40. The maximum Gasteiger partial charge on any atom is 0.433 e. The third-order valence-electron chi connectivity index (χ3n) is 2.98. The fourth-order valence-electron chi connectivity index (χ4n) is 1.87. The number of thioether (sulfide) groups is 1.